The molecule has 0 fully saturated rings. The largest absolute Gasteiger partial charge is 0.352 e. The first kappa shape index (κ1) is 18.9. The molecule has 0 atom stereocenters. The second-order valence-electron chi connectivity index (χ2n) is 6.48. The van der Waals surface area contributed by atoms with Crippen molar-refractivity contribution >= 4 is 34.3 Å². The molecule has 1 heterocycles. The van der Waals surface area contributed by atoms with E-state index in [2.05, 4.69) is 15.6 Å². The molecule has 0 spiro atoms. The Labute approximate surface area is 162 Å². The number of aromatic nitrogens is 1. The molecule has 1 aromatic heterocycles. The van der Waals surface area contributed by atoms with E-state index in [9.17, 15) is 9.59 Å². The van der Waals surface area contributed by atoms with Gasteiger partial charge >= 0.3 is 0 Å². The third-order valence-electron chi connectivity index (χ3n) is 3.96. The van der Waals surface area contributed by atoms with Crippen molar-refractivity contribution in [2.24, 2.45) is 0 Å². The molecule has 2 amide bonds. The summed E-state index contributed by atoms with van der Waals surface area (Å²) in [5.74, 6) is -0.544. The molecule has 0 aliphatic rings. The van der Waals surface area contributed by atoms with Crippen LogP contribution in [0.15, 0.2) is 54.6 Å². The lowest BCUT2D eigenvalue weighted by atomic mass is 10.0. The quantitative estimate of drug-likeness (QED) is 0.706. The van der Waals surface area contributed by atoms with E-state index in [0.717, 1.165) is 10.9 Å². The van der Waals surface area contributed by atoms with Crippen LogP contribution in [0.2, 0.25) is 5.02 Å². The van der Waals surface area contributed by atoms with Gasteiger partial charge in [0.15, 0.2) is 0 Å². The number of carbonyl (C=O) groups is 2. The summed E-state index contributed by atoms with van der Waals surface area (Å²) in [4.78, 5) is 29.2. The molecule has 138 valence electrons. The fourth-order valence-electron chi connectivity index (χ4n) is 2.76. The summed E-state index contributed by atoms with van der Waals surface area (Å²) >= 11 is 5.96. The Hall–Kier alpha value is -2.92. The van der Waals surface area contributed by atoms with E-state index in [1.807, 2.05) is 50.2 Å². The predicted octanol–water partition coefficient (Wildman–Crippen LogP) is 3.81. The maximum Gasteiger partial charge on any atom is 0.252 e. The van der Waals surface area contributed by atoms with Crippen LogP contribution in [-0.4, -0.2) is 29.4 Å². The summed E-state index contributed by atoms with van der Waals surface area (Å²) in [7, 11) is 0. The number of benzene rings is 2. The fraction of sp³-hybridized carbons (Fsp3) is 0.190. The number of carbonyl (C=O) groups excluding carboxylic acids is 2. The van der Waals surface area contributed by atoms with Crippen LogP contribution in [0, 0.1) is 0 Å². The number of amides is 2. The zero-order valence-corrected chi connectivity index (χ0v) is 15.9. The van der Waals surface area contributed by atoms with Gasteiger partial charge in [-0.1, -0.05) is 41.9 Å². The van der Waals surface area contributed by atoms with Crippen molar-refractivity contribution in [3.8, 4) is 11.3 Å². The van der Waals surface area contributed by atoms with Crippen LogP contribution in [0.1, 0.15) is 24.2 Å². The number of halogens is 1. The predicted molar refractivity (Wildman–Crippen MR) is 108 cm³/mol. The third-order valence-corrected chi connectivity index (χ3v) is 4.21. The highest BCUT2D eigenvalue weighted by Gasteiger charge is 2.15. The number of pyridine rings is 1. The van der Waals surface area contributed by atoms with Crippen molar-refractivity contribution in [3.05, 3.63) is 65.2 Å². The summed E-state index contributed by atoms with van der Waals surface area (Å²) in [5, 5.41) is 6.80. The Morgan fingerprint density at radius 1 is 1.07 bits per heavy atom. The van der Waals surface area contributed by atoms with Crippen LogP contribution in [-0.2, 0) is 4.79 Å². The second kappa shape index (κ2) is 8.18. The number of hydrogen-bond donors (Lipinski definition) is 2. The summed E-state index contributed by atoms with van der Waals surface area (Å²) in [6.45, 7) is 3.66. The van der Waals surface area contributed by atoms with Crippen LogP contribution in [0.25, 0.3) is 22.2 Å². The SMILES string of the molecule is CC(C)NC(=O)CNC(=O)c1cc(-c2ccc(Cl)cc2)nc2ccccc12. The van der Waals surface area contributed by atoms with E-state index in [0.29, 0.717) is 21.8 Å². The average molecular weight is 382 g/mol. The second-order valence-corrected chi connectivity index (χ2v) is 6.92. The summed E-state index contributed by atoms with van der Waals surface area (Å²) in [5.41, 5.74) is 2.71. The van der Waals surface area contributed by atoms with Crippen LogP contribution < -0.4 is 10.6 Å². The number of nitrogens with zero attached hydrogens (tertiary/aromatic N) is 1. The van der Waals surface area contributed by atoms with Gasteiger partial charge in [-0.3, -0.25) is 9.59 Å². The summed E-state index contributed by atoms with van der Waals surface area (Å²) in [6, 6.07) is 16.5. The molecule has 0 saturated heterocycles. The lowest BCUT2D eigenvalue weighted by Crippen LogP contribution is -2.39. The lowest BCUT2D eigenvalue weighted by Gasteiger charge is -2.12. The van der Waals surface area contributed by atoms with Crippen LogP contribution in [0.5, 0.6) is 0 Å². The average Bonchev–Trinajstić information content (AvgIpc) is 2.65. The molecule has 6 heteroatoms. The number of fused-ring (bicyclic) bond motifs is 1. The highest BCUT2D eigenvalue weighted by molar-refractivity contribution is 6.30. The Kier molecular flexibility index (Phi) is 5.72. The minimum Gasteiger partial charge on any atom is -0.352 e. The Bertz CT molecular complexity index is 984. The minimum atomic E-state index is -0.317. The monoisotopic (exact) mass is 381 g/mol. The van der Waals surface area contributed by atoms with Gasteiger partial charge in [-0.25, -0.2) is 4.98 Å². The van der Waals surface area contributed by atoms with Gasteiger partial charge in [0.25, 0.3) is 5.91 Å². The van der Waals surface area contributed by atoms with Gasteiger partial charge in [0.2, 0.25) is 5.91 Å². The van der Waals surface area contributed by atoms with E-state index in [-0.39, 0.29) is 24.4 Å². The van der Waals surface area contributed by atoms with Gasteiger partial charge in [0.05, 0.1) is 23.3 Å². The van der Waals surface area contributed by atoms with Crippen LogP contribution in [0.4, 0.5) is 0 Å². The zero-order chi connectivity index (χ0) is 19.4. The molecule has 3 rings (SSSR count). The van der Waals surface area contributed by atoms with Crippen LogP contribution >= 0.6 is 11.6 Å². The van der Waals surface area contributed by atoms with Gasteiger partial charge < -0.3 is 10.6 Å². The smallest absolute Gasteiger partial charge is 0.252 e. The maximum atomic E-state index is 12.7. The Morgan fingerprint density at radius 3 is 2.48 bits per heavy atom. The van der Waals surface area contributed by atoms with Gasteiger partial charge in [0.1, 0.15) is 0 Å². The zero-order valence-electron chi connectivity index (χ0n) is 15.1. The van der Waals surface area contributed by atoms with Crippen LogP contribution in [0.3, 0.4) is 0 Å². The molecule has 0 unspecified atom stereocenters. The van der Waals surface area contributed by atoms with Crippen molar-refractivity contribution in [3.63, 3.8) is 0 Å². The van der Waals surface area contributed by atoms with Crippen molar-refractivity contribution < 1.29 is 9.59 Å². The highest BCUT2D eigenvalue weighted by atomic mass is 35.5. The van der Waals surface area contributed by atoms with E-state index >= 15 is 0 Å². The minimum absolute atomic E-state index is 0.0210. The molecule has 0 radical (unpaired) electrons. The first-order valence-electron chi connectivity index (χ1n) is 8.67. The van der Waals surface area contributed by atoms with Gasteiger partial charge in [-0.2, -0.15) is 0 Å². The van der Waals surface area contributed by atoms with E-state index in [1.54, 1.807) is 18.2 Å². The Morgan fingerprint density at radius 2 is 1.78 bits per heavy atom. The molecule has 2 N–H and O–H groups in total. The van der Waals surface area contributed by atoms with E-state index in [1.165, 1.54) is 0 Å². The number of para-hydroxylation sites is 1. The summed E-state index contributed by atoms with van der Waals surface area (Å²) < 4.78 is 0. The van der Waals surface area contributed by atoms with Crippen molar-refractivity contribution in [1.29, 1.82) is 0 Å². The topological polar surface area (TPSA) is 71.1 Å². The first-order valence-corrected chi connectivity index (χ1v) is 9.05. The van der Waals surface area contributed by atoms with Gasteiger partial charge in [-0.15, -0.1) is 0 Å². The standard InChI is InChI=1S/C21H20ClN3O2/c1-13(2)24-20(26)12-23-21(27)17-11-19(14-7-9-15(22)10-8-14)25-18-6-4-3-5-16(17)18/h3-11,13H,12H2,1-2H3,(H,23,27)(H,24,26). The number of rotatable bonds is 5. The molecular weight excluding hydrogens is 362 g/mol. The molecule has 0 bridgehead atoms. The van der Waals surface area contributed by atoms with Crippen molar-refractivity contribution in [2.45, 2.75) is 19.9 Å². The Balaban J connectivity index is 1.94. The highest BCUT2D eigenvalue weighted by Crippen LogP contribution is 2.25. The van der Waals surface area contributed by atoms with Crippen molar-refractivity contribution in [1.82, 2.24) is 15.6 Å². The van der Waals surface area contributed by atoms with Crippen molar-refractivity contribution in [2.75, 3.05) is 6.54 Å². The molecule has 0 saturated carbocycles. The van der Waals surface area contributed by atoms with Gasteiger partial charge in [0, 0.05) is 22.0 Å². The molecule has 2 aromatic carbocycles. The third kappa shape index (κ3) is 4.63. The number of hydrogen-bond acceptors (Lipinski definition) is 3. The molecule has 0 aliphatic heterocycles. The maximum absolute atomic E-state index is 12.7. The number of nitrogens with one attached hydrogen (secondary N) is 2. The molecule has 0 aliphatic carbocycles. The molecule has 3 aromatic rings. The van der Waals surface area contributed by atoms with E-state index in [4.69, 9.17) is 11.6 Å². The normalized spacial score (nSPS) is 10.8. The first-order chi connectivity index (χ1) is 12.9. The molecular formula is C21H20ClN3O2. The van der Waals surface area contributed by atoms with Gasteiger partial charge in [-0.05, 0) is 38.1 Å². The molecule has 5 nitrogen and oxygen atoms in total. The fourth-order valence-corrected chi connectivity index (χ4v) is 2.89. The summed E-state index contributed by atoms with van der Waals surface area (Å²) in [6.07, 6.45) is 0. The van der Waals surface area contributed by atoms with E-state index < -0.39 is 0 Å². The lowest BCUT2D eigenvalue weighted by molar-refractivity contribution is -0.120. The molecule has 27 heavy (non-hydrogen) atoms.